The Morgan fingerprint density at radius 1 is 1.21 bits per heavy atom. The van der Waals surface area contributed by atoms with Crippen LogP contribution in [0.1, 0.15) is 54.4 Å². The van der Waals surface area contributed by atoms with Gasteiger partial charge in [-0.25, -0.2) is 8.78 Å². The zero-order chi connectivity index (χ0) is 21.3. The van der Waals surface area contributed by atoms with Gasteiger partial charge in [0, 0.05) is 32.3 Å². The van der Waals surface area contributed by atoms with E-state index in [-0.39, 0.29) is 35.9 Å². The van der Waals surface area contributed by atoms with Gasteiger partial charge in [0.15, 0.2) is 0 Å². The molecule has 0 aromatic carbocycles. The molecule has 5 nitrogen and oxygen atoms in total. The van der Waals surface area contributed by atoms with Crippen LogP contribution in [0.5, 0.6) is 0 Å². The first kappa shape index (κ1) is 23.5. The van der Waals surface area contributed by atoms with Crippen LogP contribution in [0.15, 0.2) is 0 Å². The quantitative estimate of drug-likeness (QED) is 0.767. The lowest BCUT2D eigenvalue weighted by molar-refractivity contribution is -0.136. The Bertz CT molecular complexity index is 543. The summed E-state index contributed by atoms with van der Waals surface area (Å²) in [6.07, 6.45) is 0.970. The number of piperidine rings is 1. The molecule has 28 heavy (non-hydrogen) atoms. The van der Waals surface area contributed by atoms with Crippen LogP contribution < -0.4 is 5.32 Å². The van der Waals surface area contributed by atoms with Gasteiger partial charge in [-0.05, 0) is 44.9 Å². The summed E-state index contributed by atoms with van der Waals surface area (Å²) in [5, 5.41) is 2.71. The van der Waals surface area contributed by atoms with Gasteiger partial charge in [-0.1, -0.05) is 20.8 Å². The number of alkyl halides is 2. The summed E-state index contributed by atoms with van der Waals surface area (Å²) in [6, 6.07) is -1.46. The lowest BCUT2D eigenvalue weighted by Crippen LogP contribution is -2.61. The number of nitrogens with zero attached hydrogens (tertiary/aromatic N) is 2. The fraction of sp³-hybridized carbons (Fsp3) is 0.952. The minimum atomic E-state index is -2.93. The Morgan fingerprint density at radius 3 is 2.36 bits per heavy atom. The SMILES string of the molecule is COCCN1CC[C@@H](NC(=O)[C@@H]2CC(C(C)(C)C)CN2C(C)(C)C)C(F)(F)C1. The van der Waals surface area contributed by atoms with E-state index >= 15 is 0 Å². The molecule has 0 aromatic rings. The molecule has 1 amide bonds. The van der Waals surface area contributed by atoms with Crippen molar-refractivity contribution in [3.8, 4) is 0 Å². The fourth-order valence-corrected chi connectivity index (χ4v) is 4.32. The molecule has 1 unspecified atom stereocenters. The third-order valence-corrected chi connectivity index (χ3v) is 6.30. The molecule has 2 heterocycles. The molecule has 0 spiro atoms. The summed E-state index contributed by atoms with van der Waals surface area (Å²) >= 11 is 0. The van der Waals surface area contributed by atoms with E-state index in [0.717, 1.165) is 6.54 Å². The van der Waals surface area contributed by atoms with Crippen LogP contribution in [0.3, 0.4) is 0 Å². The highest BCUT2D eigenvalue weighted by Crippen LogP contribution is 2.40. The van der Waals surface area contributed by atoms with E-state index in [0.29, 0.717) is 32.0 Å². The van der Waals surface area contributed by atoms with Crippen molar-refractivity contribution in [1.29, 1.82) is 0 Å². The number of halogens is 2. The van der Waals surface area contributed by atoms with Crippen LogP contribution in [-0.4, -0.2) is 79.1 Å². The molecule has 0 aromatic heterocycles. The highest BCUT2D eigenvalue weighted by Gasteiger charge is 2.49. The summed E-state index contributed by atoms with van der Waals surface area (Å²) in [5.41, 5.74) is -0.108. The highest BCUT2D eigenvalue weighted by atomic mass is 19.3. The van der Waals surface area contributed by atoms with Crippen molar-refractivity contribution >= 4 is 5.91 Å². The van der Waals surface area contributed by atoms with E-state index in [9.17, 15) is 13.6 Å². The molecule has 7 heteroatoms. The molecule has 2 rings (SSSR count). The van der Waals surface area contributed by atoms with Gasteiger partial charge < -0.3 is 10.1 Å². The molecule has 1 N–H and O–H groups in total. The number of hydrogen-bond donors (Lipinski definition) is 1. The minimum Gasteiger partial charge on any atom is -0.383 e. The van der Waals surface area contributed by atoms with Gasteiger partial charge in [-0.3, -0.25) is 14.6 Å². The predicted molar refractivity (Wildman–Crippen MR) is 108 cm³/mol. The molecule has 2 aliphatic heterocycles. The van der Waals surface area contributed by atoms with Crippen molar-refractivity contribution in [3.05, 3.63) is 0 Å². The first-order chi connectivity index (χ1) is 12.8. The second-order valence-corrected chi connectivity index (χ2v) is 10.5. The van der Waals surface area contributed by atoms with Gasteiger partial charge in [0.05, 0.1) is 25.2 Å². The first-order valence-electron chi connectivity index (χ1n) is 10.4. The number of methoxy groups -OCH3 is 1. The van der Waals surface area contributed by atoms with E-state index in [1.165, 1.54) is 0 Å². The second-order valence-electron chi connectivity index (χ2n) is 10.5. The molecule has 0 bridgehead atoms. The number of carbonyl (C=O) groups excluding carboxylic acids is 1. The maximum atomic E-state index is 14.7. The zero-order valence-electron chi connectivity index (χ0n) is 18.6. The van der Waals surface area contributed by atoms with Gasteiger partial charge in [0.1, 0.15) is 0 Å². The molecule has 2 fully saturated rings. The molecule has 0 aliphatic carbocycles. The summed E-state index contributed by atoms with van der Waals surface area (Å²) in [6.45, 7) is 14.8. The van der Waals surface area contributed by atoms with Crippen LogP contribution in [0, 0.1) is 11.3 Å². The number of likely N-dealkylation sites (tertiary alicyclic amines) is 2. The van der Waals surface area contributed by atoms with Crippen molar-refractivity contribution in [2.24, 2.45) is 11.3 Å². The monoisotopic (exact) mass is 403 g/mol. The predicted octanol–water partition coefficient (Wildman–Crippen LogP) is 2.99. The Kier molecular flexibility index (Phi) is 7.15. The molecule has 0 radical (unpaired) electrons. The van der Waals surface area contributed by atoms with Gasteiger partial charge in [-0.15, -0.1) is 0 Å². The largest absolute Gasteiger partial charge is 0.383 e. The Labute approximate surface area is 169 Å². The maximum Gasteiger partial charge on any atom is 0.280 e. The Hall–Kier alpha value is -0.790. The van der Waals surface area contributed by atoms with Crippen LogP contribution in [0.25, 0.3) is 0 Å². The number of hydrogen-bond acceptors (Lipinski definition) is 4. The van der Waals surface area contributed by atoms with Gasteiger partial charge in [0.2, 0.25) is 5.91 Å². The number of nitrogens with one attached hydrogen (secondary N) is 1. The van der Waals surface area contributed by atoms with Crippen molar-refractivity contribution in [2.75, 3.05) is 39.9 Å². The lowest BCUT2D eigenvalue weighted by Gasteiger charge is -2.40. The van der Waals surface area contributed by atoms with Crippen molar-refractivity contribution in [2.45, 2.75) is 77.9 Å². The molecular weight excluding hydrogens is 364 g/mol. The third-order valence-electron chi connectivity index (χ3n) is 6.30. The highest BCUT2D eigenvalue weighted by molar-refractivity contribution is 5.82. The van der Waals surface area contributed by atoms with Gasteiger partial charge >= 0.3 is 0 Å². The lowest BCUT2D eigenvalue weighted by atomic mass is 9.79. The summed E-state index contributed by atoms with van der Waals surface area (Å²) in [5.74, 6) is -2.83. The topological polar surface area (TPSA) is 44.8 Å². The average molecular weight is 404 g/mol. The minimum absolute atomic E-state index is 0.0785. The maximum absolute atomic E-state index is 14.7. The smallest absolute Gasteiger partial charge is 0.280 e. The first-order valence-corrected chi connectivity index (χ1v) is 10.4. The van der Waals surface area contributed by atoms with E-state index in [1.807, 2.05) is 0 Å². The molecule has 2 saturated heterocycles. The Balaban J connectivity index is 2.06. The molecule has 164 valence electrons. The summed E-state index contributed by atoms with van der Waals surface area (Å²) < 4.78 is 34.4. The number of amides is 1. The van der Waals surface area contributed by atoms with Crippen LogP contribution in [0.4, 0.5) is 8.78 Å². The van der Waals surface area contributed by atoms with Crippen molar-refractivity contribution < 1.29 is 18.3 Å². The molecular formula is C21H39F2N3O2. The zero-order valence-corrected chi connectivity index (χ0v) is 18.6. The van der Waals surface area contributed by atoms with Crippen LogP contribution in [0.2, 0.25) is 0 Å². The Morgan fingerprint density at radius 2 is 1.86 bits per heavy atom. The number of carbonyl (C=O) groups is 1. The van der Waals surface area contributed by atoms with Gasteiger partial charge in [0.25, 0.3) is 5.92 Å². The molecule has 0 saturated carbocycles. The number of rotatable bonds is 5. The normalized spacial score (nSPS) is 29.8. The van der Waals surface area contributed by atoms with Gasteiger partial charge in [-0.2, -0.15) is 0 Å². The van der Waals surface area contributed by atoms with Crippen molar-refractivity contribution in [1.82, 2.24) is 15.1 Å². The molecule has 2 aliphatic rings. The average Bonchev–Trinajstić information content (AvgIpc) is 3.00. The van der Waals surface area contributed by atoms with Crippen LogP contribution in [-0.2, 0) is 9.53 Å². The summed E-state index contributed by atoms with van der Waals surface area (Å²) in [7, 11) is 1.57. The second kappa shape index (κ2) is 8.52. The summed E-state index contributed by atoms with van der Waals surface area (Å²) in [4.78, 5) is 17.0. The van der Waals surface area contributed by atoms with E-state index < -0.39 is 12.0 Å². The van der Waals surface area contributed by atoms with E-state index in [1.54, 1.807) is 12.0 Å². The number of ether oxygens (including phenoxy) is 1. The van der Waals surface area contributed by atoms with Crippen LogP contribution >= 0.6 is 0 Å². The van der Waals surface area contributed by atoms with Crippen molar-refractivity contribution in [3.63, 3.8) is 0 Å². The standard InChI is InChI=1S/C21H39F2N3O2/c1-19(2,3)15-12-16(26(13-15)20(4,5)6)18(27)24-17-8-9-25(10-11-28-7)14-21(17,22)23/h15-17H,8-14H2,1-7H3,(H,24,27)/t15?,16-,17+/m0/s1. The molecule has 3 atom stereocenters. The van der Waals surface area contributed by atoms with E-state index in [2.05, 4.69) is 51.8 Å². The third kappa shape index (κ3) is 5.63. The fourth-order valence-electron chi connectivity index (χ4n) is 4.32. The van der Waals surface area contributed by atoms with E-state index in [4.69, 9.17) is 4.74 Å².